The maximum atomic E-state index is 13.0. The highest BCUT2D eigenvalue weighted by Crippen LogP contribution is 2.29. The standard InChI is InChI=1S/C23H27N3O3/c1-15(2)16-6-8-17(9-7-16)23(27)25-21(22-24-10-11-26(22)3)18-12-19(28-4)14-20(13-18)29-5/h6-15,21H,1-5H3,(H,25,27). The molecule has 1 unspecified atom stereocenters. The number of aromatic nitrogens is 2. The van der Waals surface area contributed by atoms with Crippen molar-refractivity contribution < 1.29 is 14.3 Å². The summed E-state index contributed by atoms with van der Waals surface area (Å²) in [4.78, 5) is 17.5. The number of carbonyl (C=O) groups excluding carboxylic acids is 1. The molecule has 0 spiro atoms. The fraction of sp³-hybridized carbons (Fsp3) is 0.304. The van der Waals surface area contributed by atoms with Gasteiger partial charge in [-0.3, -0.25) is 4.79 Å². The number of rotatable bonds is 7. The molecule has 0 saturated carbocycles. The Morgan fingerprint density at radius 3 is 2.10 bits per heavy atom. The van der Waals surface area contributed by atoms with Crippen molar-refractivity contribution >= 4 is 5.91 Å². The highest BCUT2D eigenvalue weighted by molar-refractivity contribution is 5.94. The Labute approximate surface area is 171 Å². The van der Waals surface area contributed by atoms with Crippen LogP contribution in [0.3, 0.4) is 0 Å². The molecule has 3 aromatic rings. The monoisotopic (exact) mass is 393 g/mol. The topological polar surface area (TPSA) is 65.4 Å². The number of hydrogen-bond acceptors (Lipinski definition) is 4. The molecule has 0 aliphatic rings. The second-order valence-electron chi connectivity index (χ2n) is 7.23. The van der Waals surface area contributed by atoms with Gasteiger partial charge in [-0.05, 0) is 41.3 Å². The van der Waals surface area contributed by atoms with Crippen LogP contribution in [-0.4, -0.2) is 29.7 Å². The van der Waals surface area contributed by atoms with Gasteiger partial charge in [0.2, 0.25) is 0 Å². The van der Waals surface area contributed by atoms with Crippen molar-refractivity contribution in [2.24, 2.45) is 7.05 Å². The van der Waals surface area contributed by atoms with E-state index in [0.29, 0.717) is 28.8 Å². The van der Waals surface area contributed by atoms with Crippen LogP contribution in [0.2, 0.25) is 0 Å². The molecule has 1 amide bonds. The van der Waals surface area contributed by atoms with Gasteiger partial charge >= 0.3 is 0 Å². The summed E-state index contributed by atoms with van der Waals surface area (Å²) in [5.41, 5.74) is 2.62. The van der Waals surface area contributed by atoms with E-state index in [1.54, 1.807) is 26.5 Å². The maximum Gasteiger partial charge on any atom is 0.252 e. The Morgan fingerprint density at radius 2 is 1.62 bits per heavy atom. The van der Waals surface area contributed by atoms with Crippen LogP contribution in [0.5, 0.6) is 11.5 Å². The lowest BCUT2D eigenvalue weighted by atomic mass is 10.0. The van der Waals surface area contributed by atoms with Gasteiger partial charge in [0.05, 0.1) is 14.2 Å². The van der Waals surface area contributed by atoms with Gasteiger partial charge in [-0.15, -0.1) is 0 Å². The molecule has 0 fully saturated rings. The first kappa shape index (κ1) is 20.5. The van der Waals surface area contributed by atoms with Gasteiger partial charge in [-0.1, -0.05) is 26.0 Å². The molecule has 1 atom stereocenters. The molecule has 152 valence electrons. The van der Waals surface area contributed by atoms with Crippen LogP contribution in [0.15, 0.2) is 54.9 Å². The van der Waals surface area contributed by atoms with Crippen LogP contribution < -0.4 is 14.8 Å². The van der Waals surface area contributed by atoms with E-state index in [2.05, 4.69) is 24.1 Å². The van der Waals surface area contributed by atoms with Crippen LogP contribution in [0.1, 0.15) is 53.1 Å². The molecule has 29 heavy (non-hydrogen) atoms. The van der Waals surface area contributed by atoms with Crippen molar-refractivity contribution in [1.29, 1.82) is 0 Å². The van der Waals surface area contributed by atoms with Crippen LogP contribution in [-0.2, 0) is 7.05 Å². The smallest absolute Gasteiger partial charge is 0.252 e. The minimum Gasteiger partial charge on any atom is -0.497 e. The van der Waals surface area contributed by atoms with Gasteiger partial charge in [0.25, 0.3) is 5.91 Å². The maximum absolute atomic E-state index is 13.0. The van der Waals surface area contributed by atoms with Gasteiger partial charge < -0.3 is 19.4 Å². The number of carbonyl (C=O) groups is 1. The minimum atomic E-state index is -0.462. The molecule has 2 aromatic carbocycles. The first-order chi connectivity index (χ1) is 13.9. The molecule has 0 radical (unpaired) electrons. The van der Waals surface area contributed by atoms with Crippen molar-refractivity contribution in [3.63, 3.8) is 0 Å². The molecule has 0 bridgehead atoms. The number of amides is 1. The van der Waals surface area contributed by atoms with Crippen LogP contribution in [0, 0.1) is 0 Å². The average Bonchev–Trinajstić information content (AvgIpc) is 3.16. The third kappa shape index (κ3) is 4.59. The Morgan fingerprint density at radius 1 is 1.00 bits per heavy atom. The predicted molar refractivity (Wildman–Crippen MR) is 113 cm³/mol. The zero-order valence-corrected chi connectivity index (χ0v) is 17.5. The Hall–Kier alpha value is -3.28. The number of nitrogens with zero attached hydrogens (tertiary/aromatic N) is 2. The van der Waals surface area contributed by atoms with E-state index < -0.39 is 6.04 Å². The number of hydrogen-bond donors (Lipinski definition) is 1. The molecule has 0 aliphatic carbocycles. The number of imidazole rings is 1. The minimum absolute atomic E-state index is 0.171. The normalized spacial score (nSPS) is 11.9. The summed E-state index contributed by atoms with van der Waals surface area (Å²) in [6, 6.07) is 12.8. The van der Waals surface area contributed by atoms with Crippen molar-refractivity contribution in [1.82, 2.24) is 14.9 Å². The molecule has 0 aliphatic heterocycles. The highest BCUT2D eigenvalue weighted by atomic mass is 16.5. The first-order valence-corrected chi connectivity index (χ1v) is 9.54. The SMILES string of the molecule is COc1cc(OC)cc(C(NC(=O)c2ccc(C(C)C)cc2)c2nccn2C)c1. The Kier molecular flexibility index (Phi) is 6.22. The van der Waals surface area contributed by atoms with E-state index in [1.807, 2.05) is 54.2 Å². The van der Waals surface area contributed by atoms with Crippen LogP contribution in [0.25, 0.3) is 0 Å². The number of methoxy groups -OCH3 is 2. The van der Waals surface area contributed by atoms with Gasteiger partial charge in [0.15, 0.2) is 0 Å². The predicted octanol–water partition coefficient (Wildman–Crippen LogP) is 4.08. The first-order valence-electron chi connectivity index (χ1n) is 9.54. The Bertz CT molecular complexity index is 955. The van der Waals surface area contributed by atoms with E-state index in [0.717, 1.165) is 5.56 Å². The van der Waals surface area contributed by atoms with E-state index in [1.165, 1.54) is 5.56 Å². The lowest BCUT2D eigenvalue weighted by Crippen LogP contribution is -2.31. The summed E-state index contributed by atoms with van der Waals surface area (Å²) < 4.78 is 12.7. The third-order valence-electron chi connectivity index (χ3n) is 4.94. The van der Waals surface area contributed by atoms with Gasteiger partial charge in [0.1, 0.15) is 23.4 Å². The zero-order valence-electron chi connectivity index (χ0n) is 17.5. The Balaban J connectivity index is 1.97. The fourth-order valence-corrected chi connectivity index (χ4v) is 3.18. The molecule has 1 aromatic heterocycles. The number of benzene rings is 2. The van der Waals surface area contributed by atoms with Crippen molar-refractivity contribution in [2.45, 2.75) is 25.8 Å². The fourth-order valence-electron chi connectivity index (χ4n) is 3.18. The lowest BCUT2D eigenvalue weighted by molar-refractivity contribution is 0.0941. The summed E-state index contributed by atoms with van der Waals surface area (Å²) in [6.45, 7) is 4.25. The second kappa shape index (κ2) is 8.82. The largest absolute Gasteiger partial charge is 0.497 e. The molecular weight excluding hydrogens is 366 g/mol. The average molecular weight is 393 g/mol. The summed E-state index contributed by atoms with van der Waals surface area (Å²) >= 11 is 0. The molecule has 6 nitrogen and oxygen atoms in total. The van der Waals surface area contributed by atoms with Crippen LogP contribution in [0.4, 0.5) is 0 Å². The molecule has 6 heteroatoms. The van der Waals surface area contributed by atoms with E-state index in [9.17, 15) is 4.79 Å². The van der Waals surface area contributed by atoms with Crippen LogP contribution >= 0.6 is 0 Å². The summed E-state index contributed by atoms with van der Waals surface area (Å²) in [7, 11) is 5.10. The molecule has 1 heterocycles. The molecule has 0 saturated heterocycles. The molecule has 3 rings (SSSR count). The van der Waals surface area contributed by atoms with E-state index in [-0.39, 0.29) is 5.91 Å². The summed E-state index contributed by atoms with van der Waals surface area (Å²) in [6.07, 6.45) is 3.56. The number of aryl methyl sites for hydroxylation is 1. The van der Waals surface area contributed by atoms with Gasteiger partial charge in [-0.2, -0.15) is 0 Å². The number of ether oxygens (including phenoxy) is 2. The zero-order chi connectivity index (χ0) is 21.0. The highest BCUT2D eigenvalue weighted by Gasteiger charge is 2.23. The van der Waals surface area contributed by atoms with Gasteiger partial charge in [-0.25, -0.2) is 4.98 Å². The van der Waals surface area contributed by atoms with Crippen molar-refractivity contribution in [3.05, 3.63) is 77.4 Å². The van der Waals surface area contributed by atoms with E-state index >= 15 is 0 Å². The third-order valence-corrected chi connectivity index (χ3v) is 4.94. The summed E-state index contributed by atoms with van der Waals surface area (Å²) in [5.74, 6) is 2.25. The van der Waals surface area contributed by atoms with E-state index in [4.69, 9.17) is 9.47 Å². The molecule has 1 N–H and O–H groups in total. The van der Waals surface area contributed by atoms with Crippen molar-refractivity contribution in [3.8, 4) is 11.5 Å². The quantitative estimate of drug-likeness (QED) is 0.657. The van der Waals surface area contributed by atoms with Gasteiger partial charge in [0, 0.05) is 31.1 Å². The lowest BCUT2D eigenvalue weighted by Gasteiger charge is -2.21. The number of nitrogens with one attached hydrogen (secondary N) is 1. The second-order valence-corrected chi connectivity index (χ2v) is 7.23. The van der Waals surface area contributed by atoms with Crippen molar-refractivity contribution in [2.75, 3.05) is 14.2 Å². The molecular formula is C23H27N3O3. The summed E-state index contributed by atoms with van der Waals surface area (Å²) in [5, 5.41) is 3.11.